The van der Waals surface area contributed by atoms with Crippen LogP contribution >= 0.6 is 15.9 Å². The first-order valence-electron chi connectivity index (χ1n) is 4.25. The molecule has 3 N–H and O–H groups in total. The number of benzene rings is 1. The Hall–Kier alpha value is -1.01. The molecule has 6 heteroatoms. The molecule has 16 heavy (non-hydrogen) atoms. The molecule has 1 aromatic carbocycles. The molecule has 0 spiro atoms. The van der Waals surface area contributed by atoms with Crippen LogP contribution in [-0.4, -0.2) is 5.11 Å². The van der Waals surface area contributed by atoms with Crippen LogP contribution < -0.4 is 5.73 Å². The molecule has 0 saturated carbocycles. The number of phenols is 1. The second-order valence-corrected chi connectivity index (χ2v) is 4.07. The van der Waals surface area contributed by atoms with E-state index < -0.39 is 23.5 Å². The van der Waals surface area contributed by atoms with E-state index in [2.05, 4.69) is 22.5 Å². The van der Waals surface area contributed by atoms with E-state index >= 15 is 0 Å². The largest absolute Gasteiger partial charge is 0.507 e. The van der Waals surface area contributed by atoms with Crippen LogP contribution in [-0.2, 0) is 6.18 Å². The lowest BCUT2D eigenvalue weighted by Gasteiger charge is -2.15. The Kier molecular flexibility index (Phi) is 3.64. The monoisotopic (exact) mass is 295 g/mol. The molecule has 1 atom stereocenters. The highest BCUT2D eigenvalue weighted by Crippen LogP contribution is 2.41. The molecule has 0 aliphatic heterocycles. The topological polar surface area (TPSA) is 46.2 Å². The van der Waals surface area contributed by atoms with Crippen LogP contribution in [0.2, 0.25) is 0 Å². The summed E-state index contributed by atoms with van der Waals surface area (Å²) in [5, 5.41) is 9.48. The van der Waals surface area contributed by atoms with Crippen molar-refractivity contribution in [1.29, 1.82) is 0 Å². The van der Waals surface area contributed by atoms with E-state index in [4.69, 9.17) is 5.73 Å². The van der Waals surface area contributed by atoms with Crippen LogP contribution in [0.1, 0.15) is 17.2 Å². The number of rotatable bonds is 2. The standard InChI is InChI=1S/C10H9BrF3NO/c1-2-8(15)6-3-5(11)4-7(9(6)16)10(12,13)14/h2-4,8,16H,1,15H2/t8-/m0/s1. The van der Waals surface area contributed by atoms with Crippen molar-refractivity contribution in [2.45, 2.75) is 12.2 Å². The zero-order valence-electron chi connectivity index (χ0n) is 8.05. The molecule has 2 nitrogen and oxygen atoms in total. The fraction of sp³-hybridized carbons (Fsp3) is 0.200. The molecular weight excluding hydrogens is 287 g/mol. The lowest BCUT2D eigenvalue weighted by molar-refractivity contribution is -0.138. The van der Waals surface area contributed by atoms with Gasteiger partial charge in [0, 0.05) is 10.0 Å². The molecule has 0 aliphatic rings. The number of alkyl halides is 3. The van der Waals surface area contributed by atoms with Crippen molar-refractivity contribution in [3.8, 4) is 5.75 Å². The summed E-state index contributed by atoms with van der Waals surface area (Å²) in [4.78, 5) is 0. The summed E-state index contributed by atoms with van der Waals surface area (Å²) >= 11 is 2.94. The van der Waals surface area contributed by atoms with Crippen molar-refractivity contribution in [1.82, 2.24) is 0 Å². The molecule has 0 heterocycles. The summed E-state index contributed by atoms with van der Waals surface area (Å²) in [7, 11) is 0. The zero-order valence-corrected chi connectivity index (χ0v) is 9.64. The third-order valence-electron chi connectivity index (χ3n) is 2.02. The van der Waals surface area contributed by atoms with Gasteiger partial charge in [-0.1, -0.05) is 22.0 Å². The second kappa shape index (κ2) is 4.47. The Morgan fingerprint density at radius 1 is 1.44 bits per heavy atom. The van der Waals surface area contributed by atoms with E-state index in [1.807, 2.05) is 0 Å². The predicted molar refractivity (Wildman–Crippen MR) is 57.9 cm³/mol. The van der Waals surface area contributed by atoms with Crippen LogP contribution in [0.5, 0.6) is 5.75 Å². The van der Waals surface area contributed by atoms with Crippen LogP contribution in [0.25, 0.3) is 0 Å². The van der Waals surface area contributed by atoms with E-state index in [9.17, 15) is 18.3 Å². The first kappa shape index (κ1) is 13.1. The molecule has 0 amide bonds. The number of hydrogen-bond donors (Lipinski definition) is 2. The molecular formula is C10H9BrF3NO. The summed E-state index contributed by atoms with van der Waals surface area (Å²) in [5.74, 6) is -0.858. The maximum absolute atomic E-state index is 12.5. The van der Waals surface area contributed by atoms with Gasteiger partial charge in [0.15, 0.2) is 0 Å². The van der Waals surface area contributed by atoms with Crippen LogP contribution in [0.3, 0.4) is 0 Å². The third-order valence-corrected chi connectivity index (χ3v) is 2.48. The maximum Gasteiger partial charge on any atom is 0.420 e. The van der Waals surface area contributed by atoms with E-state index in [1.54, 1.807) is 0 Å². The Labute approximate surface area is 98.7 Å². The van der Waals surface area contributed by atoms with Crippen LogP contribution in [0.15, 0.2) is 29.3 Å². The molecule has 0 bridgehead atoms. The van der Waals surface area contributed by atoms with Gasteiger partial charge in [-0.25, -0.2) is 0 Å². The van der Waals surface area contributed by atoms with Crippen molar-refractivity contribution in [2.24, 2.45) is 5.73 Å². The van der Waals surface area contributed by atoms with E-state index in [1.165, 1.54) is 12.1 Å². The number of hydrogen-bond acceptors (Lipinski definition) is 2. The zero-order chi connectivity index (χ0) is 12.5. The van der Waals surface area contributed by atoms with Crippen LogP contribution in [0.4, 0.5) is 13.2 Å². The molecule has 0 aromatic heterocycles. The molecule has 0 radical (unpaired) electrons. The van der Waals surface area contributed by atoms with Crippen molar-refractivity contribution in [3.05, 3.63) is 40.4 Å². The summed E-state index contributed by atoms with van der Waals surface area (Å²) < 4.78 is 37.8. The second-order valence-electron chi connectivity index (χ2n) is 3.15. The Morgan fingerprint density at radius 3 is 2.44 bits per heavy atom. The molecule has 0 aliphatic carbocycles. The van der Waals surface area contributed by atoms with Gasteiger partial charge in [0.25, 0.3) is 0 Å². The highest BCUT2D eigenvalue weighted by atomic mass is 79.9. The first-order valence-corrected chi connectivity index (χ1v) is 5.04. The first-order chi connectivity index (χ1) is 7.27. The minimum Gasteiger partial charge on any atom is -0.507 e. The van der Waals surface area contributed by atoms with E-state index in [0.717, 1.165) is 6.07 Å². The maximum atomic E-state index is 12.5. The quantitative estimate of drug-likeness (QED) is 0.822. The van der Waals surface area contributed by atoms with Crippen molar-refractivity contribution in [2.75, 3.05) is 0 Å². The average molecular weight is 296 g/mol. The molecule has 0 unspecified atom stereocenters. The summed E-state index contributed by atoms with van der Waals surface area (Å²) in [6.07, 6.45) is -3.37. The number of nitrogens with two attached hydrogens (primary N) is 1. The van der Waals surface area contributed by atoms with Gasteiger partial charge in [-0.2, -0.15) is 13.2 Å². The van der Waals surface area contributed by atoms with Crippen LogP contribution in [0, 0.1) is 0 Å². The lowest BCUT2D eigenvalue weighted by Crippen LogP contribution is -2.11. The molecule has 0 saturated heterocycles. The Bertz CT molecular complexity index is 417. The van der Waals surface area contributed by atoms with Gasteiger partial charge in [-0.05, 0) is 12.1 Å². The van der Waals surface area contributed by atoms with E-state index in [0.29, 0.717) is 0 Å². The number of halogens is 4. The predicted octanol–water partition coefficient (Wildman–Crippen LogP) is 3.36. The minimum atomic E-state index is -4.62. The van der Waals surface area contributed by atoms with Gasteiger partial charge in [0.2, 0.25) is 0 Å². The fourth-order valence-corrected chi connectivity index (χ4v) is 1.69. The normalized spacial score (nSPS) is 13.6. The van der Waals surface area contributed by atoms with Gasteiger partial charge in [0.05, 0.1) is 11.6 Å². The smallest absolute Gasteiger partial charge is 0.420 e. The van der Waals surface area contributed by atoms with Gasteiger partial charge in [-0.3, -0.25) is 0 Å². The van der Waals surface area contributed by atoms with Crippen molar-refractivity contribution < 1.29 is 18.3 Å². The lowest BCUT2D eigenvalue weighted by atomic mass is 10.0. The number of phenolic OH excluding ortho intramolecular Hbond substituents is 1. The van der Waals surface area contributed by atoms with Gasteiger partial charge >= 0.3 is 6.18 Å². The van der Waals surface area contributed by atoms with E-state index in [-0.39, 0.29) is 10.0 Å². The molecule has 0 fully saturated rings. The fourth-order valence-electron chi connectivity index (χ4n) is 1.22. The summed E-state index contributed by atoms with van der Waals surface area (Å²) in [5.41, 5.74) is 4.38. The average Bonchev–Trinajstić information content (AvgIpc) is 2.18. The third kappa shape index (κ3) is 2.56. The molecule has 1 aromatic rings. The SMILES string of the molecule is C=C[C@H](N)c1cc(Br)cc(C(F)(F)F)c1O. The van der Waals surface area contributed by atoms with Crippen molar-refractivity contribution in [3.63, 3.8) is 0 Å². The highest BCUT2D eigenvalue weighted by molar-refractivity contribution is 9.10. The molecule has 1 rings (SSSR count). The Morgan fingerprint density at radius 2 is 2.00 bits per heavy atom. The molecule has 88 valence electrons. The van der Waals surface area contributed by atoms with Gasteiger partial charge in [-0.15, -0.1) is 6.58 Å². The summed E-state index contributed by atoms with van der Waals surface area (Å²) in [6.45, 7) is 3.37. The van der Waals surface area contributed by atoms with Crippen molar-refractivity contribution >= 4 is 15.9 Å². The van der Waals surface area contributed by atoms with Gasteiger partial charge in [0.1, 0.15) is 5.75 Å². The highest BCUT2D eigenvalue weighted by Gasteiger charge is 2.35. The summed E-state index contributed by atoms with van der Waals surface area (Å²) in [6, 6.07) is 1.28. The van der Waals surface area contributed by atoms with Gasteiger partial charge < -0.3 is 10.8 Å². The minimum absolute atomic E-state index is 0.0169. The number of aromatic hydroxyl groups is 1. The Balaban J connectivity index is 3.43.